The molecule has 0 aliphatic heterocycles. The fourth-order valence-electron chi connectivity index (χ4n) is 2.23. The van der Waals surface area contributed by atoms with Gasteiger partial charge in [-0.05, 0) is 24.3 Å². The van der Waals surface area contributed by atoms with Gasteiger partial charge in [0.05, 0.1) is 18.8 Å². The number of nitrogens with one attached hydrogen (secondary N) is 1. The van der Waals surface area contributed by atoms with E-state index in [9.17, 15) is 15.0 Å². The molecule has 0 saturated carbocycles. The first kappa shape index (κ1) is 16.2. The lowest BCUT2D eigenvalue weighted by molar-refractivity contribution is -0.121. The number of phenolic OH excluding ortho intramolecular Hbond substituents is 2. The maximum Gasteiger partial charge on any atom is 0.261 e. The number of carbonyl (C=O) groups excluding carboxylic acids is 1. The number of nitrogens with zero attached hydrogens (tertiary/aromatic N) is 4. The molecule has 25 heavy (non-hydrogen) atoms. The molecule has 1 aromatic heterocycles. The Bertz CT molecular complexity index is 951. The summed E-state index contributed by atoms with van der Waals surface area (Å²) >= 11 is 0. The van der Waals surface area contributed by atoms with Gasteiger partial charge in [-0.1, -0.05) is 17.3 Å². The summed E-state index contributed by atoms with van der Waals surface area (Å²) in [4.78, 5) is 12.0. The van der Waals surface area contributed by atoms with E-state index in [0.29, 0.717) is 11.1 Å². The number of aromatic nitrogens is 3. The van der Waals surface area contributed by atoms with Crippen LogP contribution in [0.3, 0.4) is 0 Å². The predicted molar refractivity (Wildman–Crippen MR) is 89.6 cm³/mol. The highest BCUT2D eigenvalue weighted by Crippen LogP contribution is 2.35. The summed E-state index contributed by atoms with van der Waals surface area (Å²) in [6.07, 6.45) is 1.32. The highest BCUT2D eigenvalue weighted by atomic mass is 16.5. The number of phenols is 2. The monoisotopic (exact) mass is 341 g/mol. The maximum absolute atomic E-state index is 12.0. The largest absolute Gasteiger partial charge is 0.504 e. The van der Waals surface area contributed by atoms with Crippen molar-refractivity contribution in [2.75, 3.05) is 7.11 Å². The van der Waals surface area contributed by atoms with Crippen LogP contribution in [0.2, 0.25) is 0 Å². The number of hydrogen-bond acceptors (Lipinski definition) is 7. The van der Waals surface area contributed by atoms with Crippen LogP contribution in [0.1, 0.15) is 5.56 Å². The lowest BCUT2D eigenvalue weighted by Gasteiger charge is -2.06. The van der Waals surface area contributed by atoms with Crippen LogP contribution in [-0.2, 0) is 11.3 Å². The van der Waals surface area contributed by atoms with Crippen molar-refractivity contribution in [1.29, 1.82) is 0 Å². The molecule has 9 heteroatoms. The average molecular weight is 341 g/mol. The number of methoxy groups -OCH3 is 1. The molecule has 0 fully saturated rings. The highest BCUT2D eigenvalue weighted by Gasteiger charge is 2.09. The molecule has 0 bridgehead atoms. The molecule has 0 unspecified atom stereocenters. The fraction of sp³-hybridized carbons (Fsp3) is 0.125. The van der Waals surface area contributed by atoms with Gasteiger partial charge in [-0.25, -0.2) is 10.1 Å². The minimum absolute atomic E-state index is 0.0397. The van der Waals surface area contributed by atoms with Crippen LogP contribution in [0.25, 0.3) is 11.0 Å². The van der Waals surface area contributed by atoms with E-state index in [4.69, 9.17) is 4.74 Å². The van der Waals surface area contributed by atoms with E-state index in [1.807, 2.05) is 18.2 Å². The number of fused-ring (bicyclic) bond motifs is 1. The van der Waals surface area contributed by atoms with Gasteiger partial charge in [0.15, 0.2) is 11.5 Å². The van der Waals surface area contributed by atoms with Crippen LogP contribution in [0, 0.1) is 0 Å². The number of benzene rings is 2. The van der Waals surface area contributed by atoms with Gasteiger partial charge in [0.1, 0.15) is 12.1 Å². The smallest absolute Gasteiger partial charge is 0.261 e. The second-order valence-corrected chi connectivity index (χ2v) is 5.12. The molecular formula is C16H15N5O4. The van der Waals surface area contributed by atoms with Crippen molar-refractivity contribution < 1.29 is 19.7 Å². The first-order valence-electron chi connectivity index (χ1n) is 7.28. The Balaban J connectivity index is 1.66. The van der Waals surface area contributed by atoms with Gasteiger partial charge < -0.3 is 14.9 Å². The number of hydrogen-bond donors (Lipinski definition) is 3. The number of carbonyl (C=O) groups is 1. The van der Waals surface area contributed by atoms with Gasteiger partial charge in [0, 0.05) is 5.56 Å². The Morgan fingerprint density at radius 1 is 1.36 bits per heavy atom. The van der Waals surface area contributed by atoms with Crippen molar-refractivity contribution in [1.82, 2.24) is 20.4 Å². The number of hydrazone groups is 1. The zero-order chi connectivity index (χ0) is 17.8. The number of rotatable bonds is 5. The van der Waals surface area contributed by atoms with Crippen LogP contribution in [0.15, 0.2) is 41.5 Å². The van der Waals surface area contributed by atoms with Gasteiger partial charge in [-0.15, -0.1) is 5.10 Å². The van der Waals surface area contributed by atoms with E-state index in [-0.39, 0.29) is 29.7 Å². The lowest BCUT2D eigenvalue weighted by Crippen LogP contribution is -2.23. The molecule has 1 amide bonds. The Kier molecular flexibility index (Phi) is 4.46. The molecule has 3 N–H and O–H groups in total. The third-order valence-electron chi connectivity index (χ3n) is 3.41. The lowest BCUT2D eigenvalue weighted by atomic mass is 10.2. The molecular weight excluding hydrogens is 326 g/mol. The van der Waals surface area contributed by atoms with Crippen LogP contribution < -0.4 is 10.2 Å². The van der Waals surface area contributed by atoms with Crippen LogP contribution in [0.4, 0.5) is 0 Å². The number of aromatic hydroxyl groups is 2. The Hall–Kier alpha value is -3.62. The minimum atomic E-state index is -0.387. The zero-order valence-corrected chi connectivity index (χ0v) is 13.2. The molecule has 0 aliphatic carbocycles. The standard InChI is InChI=1S/C16H15N5O4/c1-25-14-7-10(6-13(22)16(14)24)8-17-19-15(23)9-21-12-5-3-2-4-11(12)18-20-21/h2-8,22,24H,9H2,1H3,(H,19,23)/b17-8+. The van der Waals surface area contributed by atoms with Gasteiger partial charge in [0.25, 0.3) is 5.91 Å². The van der Waals surface area contributed by atoms with E-state index < -0.39 is 0 Å². The summed E-state index contributed by atoms with van der Waals surface area (Å²) in [6, 6.07) is 10.1. The summed E-state index contributed by atoms with van der Waals surface area (Å²) in [5.74, 6) is -0.994. The van der Waals surface area contributed by atoms with Crippen molar-refractivity contribution in [3.8, 4) is 17.2 Å². The van der Waals surface area contributed by atoms with Crippen LogP contribution >= 0.6 is 0 Å². The van der Waals surface area contributed by atoms with Gasteiger partial charge in [-0.2, -0.15) is 5.10 Å². The topological polar surface area (TPSA) is 122 Å². The van der Waals surface area contributed by atoms with Crippen molar-refractivity contribution in [3.63, 3.8) is 0 Å². The maximum atomic E-state index is 12.0. The highest BCUT2D eigenvalue weighted by molar-refractivity contribution is 5.84. The third kappa shape index (κ3) is 3.50. The van der Waals surface area contributed by atoms with E-state index in [2.05, 4.69) is 20.8 Å². The second-order valence-electron chi connectivity index (χ2n) is 5.12. The second kappa shape index (κ2) is 6.87. The van der Waals surface area contributed by atoms with Gasteiger partial charge >= 0.3 is 0 Å². The molecule has 2 aromatic carbocycles. The molecule has 0 radical (unpaired) electrons. The predicted octanol–water partition coefficient (Wildman–Crippen LogP) is 1.00. The molecule has 128 valence electrons. The number of amides is 1. The Morgan fingerprint density at radius 3 is 2.96 bits per heavy atom. The number of para-hydroxylation sites is 1. The molecule has 3 rings (SSSR count). The van der Waals surface area contributed by atoms with Crippen molar-refractivity contribution >= 4 is 23.2 Å². The normalized spacial score (nSPS) is 11.1. The average Bonchev–Trinajstić information content (AvgIpc) is 3.01. The van der Waals surface area contributed by atoms with Crippen LogP contribution in [-0.4, -0.2) is 44.4 Å². The fourth-order valence-corrected chi connectivity index (χ4v) is 2.23. The van der Waals surface area contributed by atoms with Gasteiger partial charge in [-0.3, -0.25) is 4.79 Å². The molecule has 0 aliphatic rings. The summed E-state index contributed by atoms with van der Waals surface area (Å²) < 4.78 is 6.40. The first-order valence-corrected chi connectivity index (χ1v) is 7.28. The Labute approximate surface area is 142 Å². The molecule has 9 nitrogen and oxygen atoms in total. The van der Waals surface area contributed by atoms with E-state index in [1.54, 1.807) is 6.07 Å². The zero-order valence-electron chi connectivity index (χ0n) is 13.2. The number of ether oxygens (including phenoxy) is 1. The first-order chi connectivity index (χ1) is 12.1. The molecule has 1 heterocycles. The quantitative estimate of drug-likeness (QED) is 0.361. The third-order valence-corrected chi connectivity index (χ3v) is 3.41. The van der Waals surface area contributed by atoms with Crippen molar-refractivity contribution in [2.24, 2.45) is 5.10 Å². The SMILES string of the molecule is COc1cc(/C=N/NC(=O)Cn2nnc3ccccc32)cc(O)c1O. The van der Waals surface area contributed by atoms with Gasteiger partial charge in [0.2, 0.25) is 5.75 Å². The molecule has 0 spiro atoms. The summed E-state index contributed by atoms with van der Waals surface area (Å²) in [5.41, 5.74) is 4.25. The summed E-state index contributed by atoms with van der Waals surface area (Å²) in [5, 5.41) is 30.9. The van der Waals surface area contributed by atoms with Crippen LogP contribution in [0.5, 0.6) is 17.2 Å². The van der Waals surface area contributed by atoms with E-state index in [0.717, 1.165) is 5.52 Å². The summed E-state index contributed by atoms with van der Waals surface area (Å²) in [6.45, 7) is -0.0397. The molecule has 0 atom stereocenters. The molecule has 3 aromatic rings. The Morgan fingerprint density at radius 2 is 2.16 bits per heavy atom. The molecule has 0 saturated heterocycles. The van der Waals surface area contributed by atoms with Crippen molar-refractivity contribution in [3.05, 3.63) is 42.0 Å². The minimum Gasteiger partial charge on any atom is -0.504 e. The van der Waals surface area contributed by atoms with E-state index in [1.165, 1.54) is 30.1 Å². The van der Waals surface area contributed by atoms with E-state index >= 15 is 0 Å². The summed E-state index contributed by atoms with van der Waals surface area (Å²) in [7, 11) is 1.36. The van der Waals surface area contributed by atoms with Crippen molar-refractivity contribution in [2.45, 2.75) is 6.54 Å².